The zero-order valence-electron chi connectivity index (χ0n) is 15.8. The second kappa shape index (κ2) is 10.1. The van der Waals surface area contributed by atoms with Crippen LogP contribution in [0, 0.1) is 6.92 Å². The Morgan fingerprint density at radius 1 is 1.35 bits per heavy atom. The van der Waals surface area contributed by atoms with Gasteiger partial charge in [-0.25, -0.2) is 8.42 Å². The predicted molar refractivity (Wildman–Crippen MR) is 120 cm³/mol. The van der Waals surface area contributed by atoms with Gasteiger partial charge in [0.05, 0.1) is 5.75 Å². The summed E-state index contributed by atoms with van der Waals surface area (Å²) in [6.07, 6.45) is 4.75. The summed E-state index contributed by atoms with van der Waals surface area (Å²) < 4.78 is 22.5. The van der Waals surface area contributed by atoms with Crippen LogP contribution in [0.5, 0.6) is 0 Å². The monoisotopic (exact) mass is 492 g/mol. The Labute approximate surface area is 173 Å². The molecular formula is C18H29IN4O2S. The quantitative estimate of drug-likeness (QED) is 0.315. The number of hydrogen-bond donors (Lipinski definition) is 3. The van der Waals surface area contributed by atoms with E-state index in [0.717, 1.165) is 13.0 Å². The van der Waals surface area contributed by atoms with Crippen molar-refractivity contribution >= 4 is 50.7 Å². The summed E-state index contributed by atoms with van der Waals surface area (Å²) in [4.78, 5) is 7.55. The van der Waals surface area contributed by atoms with Crippen molar-refractivity contribution < 1.29 is 8.42 Å². The van der Waals surface area contributed by atoms with Crippen LogP contribution in [-0.2, 0) is 16.3 Å². The molecule has 2 aromatic rings. The van der Waals surface area contributed by atoms with Crippen LogP contribution in [0.4, 0.5) is 0 Å². The number of H-pyrrole nitrogens is 1. The molecule has 0 amide bonds. The Balaban J connectivity index is 0.00000338. The minimum atomic E-state index is -2.94. The Morgan fingerprint density at radius 3 is 2.73 bits per heavy atom. The van der Waals surface area contributed by atoms with Crippen molar-refractivity contribution in [2.24, 2.45) is 4.99 Å². The largest absolute Gasteiger partial charge is 0.361 e. The summed E-state index contributed by atoms with van der Waals surface area (Å²) in [5, 5.41) is 7.78. The third-order valence-corrected chi connectivity index (χ3v) is 5.20. The van der Waals surface area contributed by atoms with Crippen LogP contribution in [-0.4, -0.2) is 51.0 Å². The molecule has 0 aliphatic rings. The molecule has 1 heterocycles. The van der Waals surface area contributed by atoms with Crippen molar-refractivity contribution in [3.63, 3.8) is 0 Å². The van der Waals surface area contributed by atoms with Gasteiger partial charge < -0.3 is 15.6 Å². The van der Waals surface area contributed by atoms with Crippen LogP contribution in [0.1, 0.15) is 24.5 Å². The topological polar surface area (TPSA) is 86.3 Å². The van der Waals surface area contributed by atoms with Crippen LogP contribution in [0.2, 0.25) is 0 Å². The first-order valence-electron chi connectivity index (χ1n) is 8.50. The summed E-state index contributed by atoms with van der Waals surface area (Å²) in [7, 11) is -1.22. The number of para-hydroxylation sites is 1. The maximum absolute atomic E-state index is 11.2. The van der Waals surface area contributed by atoms with E-state index in [2.05, 4.69) is 51.9 Å². The predicted octanol–water partition coefficient (Wildman–Crippen LogP) is 2.63. The van der Waals surface area contributed by atoms with Gasteiger partial charge in [0.25, 0.3) is 0 Å². The van der Waals surface area contributed by atoms with E-state index < -0.39 is 9.84 Å². The van der Waals surface area contributed by atoms with E-state index in [1.807, 2.05) is 6.92 Å². The summed E-state index contributed by atoms with van der Waals surface area (Å²) in [6, 6.07) is 6.35. The number of halogens is 1. The normalized spacial score (nSPS) is 13.3. The molecule has 0 aliphatic heterocycles. The number of nitrogens with one attached hydrogen (secondary N) is 3. The summed E-state index contributed by atoms with van der Waals surface area (Å²) in [5.41, 5.74) is 3.70. The molecule has 2 rings (SSSR count). The van der Waals surface area contributed by atoms with Crippen LogP contribution in [0.15, 0.2) is 29.4 Å². The molecule has 0 saturated heterocycles. The minimum Gasteiger partial charge on any atom is -0.361 e. The number of fused-ring (bicyclic) bond motifs is 1. The Bertz CT molecular complexity index is 846. The molecule has 146 valence electrons. The van der Waals surface area contributed by atoms with E-state index >= 15 is 0 Å². The zero-order chi connectivity index (χ0) is 18.4. The Kier molecular flexibility index (Phi) is 8.88. The fourth-order valence-corrected chi connectivity index (χ4v) is 3.56. The Hall–Kier alpha value is -1.29. The number of sulfone groups is 1. The van der Waals surface area contributed by atoms with Crippen molar-refractivity contribution in [1.29, 1.82) is 0 Å². The molecule has 0 saturated carbocycles. The molecule has 6 nitrogen and oxygen atoms in total. The highest BCUT2D eigenvalue weighted by molar-refractivity contribution is 14.0. The number of aromatic nitrogens is 1. The molecule has 0 radical (unpaired) electrons. The fourth-order valence-electron chi connectivity index (χ4n) is 2.78. The number of aromatic amines is 1. The lowest BCUT2D eigenvalue weighted by molar-refractivity contribution is 0.581. The molecule has 3 N–H and O–H groups in total. The number of aliphatic imine (C=N–C) groups is 1. The zero-order valence-corrected chi connectivity index (χ0v) is 18.9. The van der Waals surface area contributed by atoms with E-state index in [9.17, 15) is 8.42 Å². The highest BCUT2D eigenvalue weighted by atomic mass is 127. The third kappa shape index (κ3) is 6.79. The number of aryl methyl sites for hydroxylation is 1. The molecule has 0 bridgehead atoms. The lowest BCUT2D eigenvalue weighted by Crippen LogP contribution is -2.43. The van der Waals surface area contributed by atoms with Crippen molar-refractivity contribution in [3.8, 4) is 0 Å². The van der Waals surface area contributed by atoms with Crippen LogP contribution >= 0.6 is 24.0 Å². The van der Waals surface area contributed by atoms with Crippen molar-refractivity contribution in [2.75, 3.05) is 25.6 Å². The van der Waals surface area contributed by atoms with E-state index in [-0.39, 0.29) is 35.8 Å². The number of rotatable bonds is 7. The van der Waals surface area contributed by atoms with Gasteiger partial charge >= 0.3 is 0 Å². The first-order valence-corrected chi connectivity index (χ1v) is 10.6. The molecule has 1 atom stereocenters. The van der Waals surface area contributed by atoms with E-state index in [0.29, 0.717) is 12.4 Å². The van der Waals surface area contributed by atoms with E-state index in [4.69, 9.17) is 0 Å². The minimum absolute atomic E-state index is 0. The molecular weight excluding hydrogens is 463 g/mol. The van der Waals surface area contributed by atoms with Gasteiger partial charge in [-0.1, -0.05) is 18.2 Å². The lowest BCUT2D eigenvalue weighted by Gasteiger charge is -2.17. The molecule has 0 aliphatic carbocycles. The molecule has 0 fully saturated rings. The van der Waals surface area contributed by atoms with Crippen LogP contribution in [0.3, 0.4) is 0 Å². The average molecular weight is 492 g/mol. The summed E-state index contributed by atoms with van der Waals surface area (Å²) in [5.74, 6) is 0.865. The van der Waals surface area contributed by atoms with Crippen molar-refractivity contribution in [2.45, 2.75) is 32.7 Å². The highest BCUT2D eigenvalue weighted by Crippen LogP contribution is 2.21. The molecule has 0 spiro atoms. The third-order valence-electron chi connectivity index (χ3n) is 4.22. The van der Waals surface area contributed by atoms with Gasteiger partial charge in [0.15, 0.2) is 5.96 Å². The standard InChI is InChI=1S/C18H28N4O2S.HI/c1-13-6-5-7-16-15(12-21-17(13)16)8-10-20-18(19-3)22-14(2)9-11-25(4,23)24;/h5-7,12,14,21H,8-11H2,1-4H3,(H2,19,20,22);1H. The van der Waals surface area contributed by atoms with E-state index in [1.165, 1.54) is 28.3 Å². The number of nitrogens with zero attached hydrogens (tertiary/aromatic N) is 1. The number of hydrogen-bond acceptors (Lipinski definition) is 3. The van der Waals surface area contributed by atoms with Crippen LogP contribution in [0.25, 0.3) is 10.9 Å². The second-order valence-corrected chi connectivity index (χ2v) is 8.78. The summed E-state index contributed by atoms with van der Waals surface area (Å²) >= 11 is 0. The summed E-state index contributed by atoms with van der Waals surface area (Å²) in [6.45, 7) is 4.81. The number of benzene rings is 1. The maximum atomic E-state index is 11.2. The van der Waals surface area contributed by atoms with Crippen molar-refractivity contribution in [1.82, 2.24) is 15.6 Å². The maximum Gasteiger partial charge on any atom is 0.191 e. The van der Waals surface area contributed by atoms with Gasteiger partial charge in [0.1, 0.15) is 9.84 Å². The van der Waals surface area contributed by atoms with Gasteiger partial charge in [0, 0.05) is 43.0 Å². The molecule has 1 aromatic heterocycles. The van der Waals surface area contributed by atoms with Gasteiger partial charge in [-0.15, -0.1) is 24.0 Å². The molecule has 1 unspecified atom stereocenters. The first-order chi connectivity index (χ1) is 11.8. The van der Waals surface area contributed by atoms with Gasteiger partial charge in [-0.05, 0) is 37.8 Å². The number of guanidine groups is 1. The van der Waals surface area contributed by atoms with Gasteiger partial charge in [-0.2, -0.15) is 0 Å². The van der Waals surface area contributed by atoms with Crippen molar-refractivity contribution in [3.05, 3.63) is 35.5 Å². The molecule has 1 aromatic carbocycles. The lowest BCUT2D eigenvalue weighted by atomic mass is 10.1. The van der Waals surface area contributed by atoms with Crippen LogP contribution < -0.4 is 10.6 Å². The van der Waals surface area contributed by atoms with E-state index in [1.54, 1.807) is 7.05 Å². The van der Waals surface area contributed by atoms with Gasteiger partial charge in [0.2, 0.25) is 0 Å². The molecule has 26 heavy (non-hydrogen) atoms. The highest BCUT2D eigenvalue weighted by Gasteiger charge is 2.10. The van der Waals surface area contributed by atoms with Gasteiger partial charge in [-0.3, -0.25) is 4.99 Å². The Morgan fingerprint density at radius 2 is 2.08 bits per heavy atom. The fraction of sp³-hybridized carbons (Fsp3) is 0.500. The second-order valence-electron chi connectivity index (χ2n) is 6.52. The first kappa shape index (κ1) is 22.8. The molecule has 8 heteroatoms. The smallest absolute Gasteiger partial charge is 0.191 e. The average Bonchev–Trinajstić information content (AvgIpc) is 2.96. The SMILES string of the molecule is CN=C(NCCc1c[nH]c2c(C)cccc12)NC(C)CCS(C)(=O)=O.I.